The third kappa shape index (κ3) is 9.52. The van der Waals surface area contributed by atoms with Crippen LogP contribution in [-0.4, -0.2) is 19.9 Å². The maximum absolute atomic E-state index is 6.16. The summed E-state index contributed by atoms with van der Waals surface area (Å²) in [6.45, 7) is 8.62. The van der Waals surface area contributed by atoms with Gasteiger partial charge in [0.15, 0.2) is 11.2 Å². The fourth-order valence-electron chi connectivity index (χ4n) is 11.3. The van der Waals surface area contributed by atoms with Gasteiger partial charge in [-0.3, -0.25) is 0 Å². The van der Waals surface area contributed by atoms with Crippen LogP contribution in [0, 0.1) is 27.7 Å². The molecule has 0 spiro atoms. The van der Waals surface area contributed by atoms with Crippen LogP contribution in [0.5, 0.6) is 0 Å². The third-order valence-electron chi connectivity index (χ3n) is 15.0. The minimum atomic E-state index is 0.587. The Morgan fingerprint density at radius 3 is 0.915 bits per heavy atom. The van der Waals surface area contributed by atoms with Crippen LogP contribution in [0.25, 0.3) is 101 Å². The summed E-state index contributed by atoms with van der Waals surface area (Å²) in [4.78, 5) is 25.7. The number of para-hydroxylation sites is 6. The van der Waals surface area contributed by atoms with Crippen LogP contribution in [-0.2, 0) is 0 Å². The van der Waals surface area contributed by atoms with Crippen LogP contribution in [0.15, 0.2) is 264 Å². The zero-order valence-electron chi connectivity index (χ0n) is 45.7. The maximum Gasteiger partial charge on any atom is 0.227 e. The summed E-state index contributed by atoms with van der Waals surface area (Å²) < 4.78 is 12.3. The van der Waals surface area contributed by atoms with Gasteiger partial charge in [0, 0.05) is 67.5 Å². The highest BCUT2D eigenvalue weighted by atomic mass is 16.4. The first-order valence-electron chi connectivity index (χ1n) is 27.6. The normalized spacial score (nSPS) is 11.4. The van der Waals surface area contributed by atoms with Crippen LogP contribution in [0.1, 0.15) is 22.3 Å². The van der Waals surface area contributed by atoms with Crippen LogP contribution in [0.3, 0.4) is 0 Å². The number of aromatic nitrogens is 4. The summed E-state index contributed by atoms with van der Waals surface area (Å²) in [5, 5.41) is 0. The molecule has 0 radical (unpaired) electrons. The summed E-state index contributed by atoms with van der Waals surface area (Å²) in [5.74, 6) is 1.17. The van der Waals surface area contributed by atoms with Crippen molar-refractivity contribution in [3.05, 3.63) is 277 Å². The van der Waals surface area contributed by atoms with Gasteiger partial charge < -0.3 is 18.6 Å². The zero-order chi connectivity index (χ0) is 55.3. The first-order valence-corrected chi connectivity index (χ1v) is 27.6. The molecule has 0 bridgehead atoms. The van der Waals surface area contributed by atoms with Gasteiger partial charge in [-0.15, -0.1) is 0 Å². The molecule has 3 heterocycles. The highest BCUT2D eigenvalue weighted by molar-refractivity contribution is 6.03. The Bertz CT molecular complexity index is 4240. The Morgan fingerprint density at radius 1 is 0.268 bits per heavy atom. The number of hydrogen-bond donors (Lipinski definition) is 0. The number of benzene rings is 11. The van der Waals surface area contributed by atoms with Gasteiger partial charge in [0.1, 0.15) is 11.0 Å². The van der Waals surface area contributed by atoms with Gasteiger partial charge >= 0.3 is 0 Å². The van der Waals surface area contributed by atoms with E-state index in [1.165, 1.54) is 22.3 Å². The monoisotopic (exact) mass is 1060 g/mol. The van der Waals surface area contributed by atoms with E-state index in [0.717, 1.165) is 123 Å². The molecule has 11 aromatic carbocycles. The Hall–Kier alpha value is -10.7. The summed E-state index contributed by atoms with van der Waals surface area (Å²) in [7, 11) is 0. The van der Waals surface area contributed by atoms with Crippen molar-refractivity contribution in [1.29, 1.82) is 0 Å². The lowest BCUT2D eigenvalue weighted by Crippen LogP contribution is -2.10. The predicted molar refractivity (Wildman–Crippen MR) is 336 cm³/mol. The van der Waals surface area contributed by atoms with Crippen molar-refractivity contribution in [1.82, 2.24) is 19.9 Å². The summed E-state index contributed by atoms with van der Waals surface area (Å²) in [6.07, 6.45) is 0. The molecule has 392 valence electrons. The Labute approximate surface area is 475 Å². The van der Waals surface area contributed by atoms with Gasteiger partial charge in [-0.05, 0) is 160 Å². The highest BCUT2D eigenvalue weighted by Gasteiger charge is 2.23. The molecule has 82 heavy (non-hydrogen) atoms. The molecule has 0 unspecified atom stereocenters. The van der Waals surface area contributed by atoms with Crippen LogP contribution in [0.4, 0.5) is 34.1 Å². The molecule has 0 fully saturated rings. The van der Waals surface area contributed by atoms with Gasteiger partial charge in [-0.25, -0.2) is 19.9 Å². The van der Waals surface area contributed by atoms with E-state index in [1.54, 1.807) is 0 Å². The fraction of sp³-hybridized carbons (Fsp3) is 0.0541. The van der Waals surface area contributed by atoms with E-state index >= 15 is 0 Å². The number of rotatable bonds is 12. The van der Waals surface area contributed by atoms with Gasteiger partial charge in [0.05, 0.1) is 22.4 Å². The Balaban J connectivity index is 0.911. The lowest BCUT2D eigenvalue weighted by Gasteiger charge is -2.26. The molecular formula is C74H54N6O2. The molecule has 0 aliphatic heterocycles. The molecule has 0 saturated carbocycles. The van der Waals surface area contributed by atoms with Crippen molar-refractivity contribution in [3.63, 3.8) is 0 Å². The van der Waals surface area contributed by atoms with E-state index < -0.39 is 0 Å². The second-order valence-electron chi connectivity index (χ2n) is 21.0. The lowest BCUT2D eigenvalue weighted by molar-refractivity contribution is 0.619. The third-order valence-corrected chi connectivity index (χ3v) is 15.0. The highest BCUT2D eigenvalue weighted by Crippen LogP contribution is 2.43. The second-order valence-corrected chi connectivity index (χ2v) is 21.0. The van der Waals surface area contributed by atoms with Crippen LogP contribution in [0.2, 0.25) is 0 Å². The van der Waals surface area contributed by atoms with Gasteiger partial charge in [0.2, 0.25) is 11.8 Å². The Morgan fingerprint density at radius 2 is 0.573 bits per heavy atom. The molecule has 8 heteroatoms. The number of nitrogens with zero attached hydrogens (tertiary/aromatic N) is 6. The van der Waals surface area contributed by atoms with Crippen LogP contribution < -0.4 is 9.80 Å². The van der Waals surface area contributed by atoms with Gasteiger partial charge in [0.25, 0.3) is 0 Å². The van der Waals surface area contributed by atoms with E-state index in [1.807, 2.05) is 60.7 Å². The molecule has 0 amide bonds. The molecule has 0 atom stereocenters. The molecule has 0 aliphatic rings. The predicted octanol–water partition coefficient (Wildman–Crippen LogP) is 20.1. The summed E-state index contributed by atoms with van der Waals surface area (Å²) >= 11 is 0. The summed E-state index contributed by atoms with van der Waals surface area (Å²) in [6, 6.07) is 88.7. The molecule has 3 aromatic heterocycles. The molecule has 0 N–H and O–H groups in total. The van der Waals surface area contributed by atoms with Gasteiger partial charge in [-0.1, -0.05) is 156 Å². The minimum absolute atomic E-state index is 0.587. The lowest BCUT2D eigenvalue weighted by atomic mass is 9.93. The average Bonchev–Trinajstić information content (AvgIpc) is 3.64. The number of oxazole rings is 2. The fourth-order valence-corrected chi connectivity index (χ4v) is 11.3. The van der Waals surface area contributed by atoms with E-state index in [2.05, 4.69) is 232 Å². The molecule has 0 aliphatic carbocycles. The molecule has 14 aromatic rings. The quantitative estimate of drug-likeness (QED) is 0.120. The van der Waals surface area contributed by atoms with E-state index in [-0.39, 0.29) is 0 Å². The minimum Gasteiger partial charge on any atom is -0.436 e. The summed E-state index contributed by atoms with van der Waals surface area (Å²) in [5.41, 5.74) is 25.1. The van der Waals surface area contributed by atoms with Crippen molar-refractivity contribution in [3.8, 4) is 67.7 Å². The maximum atomic E-state index is 6.16. The molecule has 0 saturated heterocycles. The Kier molecular flexibility index (Phi) is 12.6. The van der Waals surface area contributed by atoms with Crippen molar-refractivity contribution in [2.75, 3.05) is 9.80 Å². The van der Waals surface area contributed by atoms with Gasteiger partial charge in [-0.2, -0.15) is 0 Å². The van der Waals surface area contributed by atoms with Crippen molar-refractivity contribution in [2.24, 2.45) is 0 Å². The number of hydrogen-bond acceptors (Lipinski definition) is 8. The first-order chi connectivity index (χ1) is 40.2. The zero-order valence-corrected chi connectivity index (χ0v) is 45.7. The smallest absolute Gasteiger partial charge is 0.227 e. The SMILES string of the molecule is Cc1cc(C)cc(-c2ccc(-c3cc(C)cc(C)c3)c3nc(-c4ccc(N(c5ccccc5)c5ccc(-c6nc7ccccc7o6)cc5)cc4)c(-c4ccc(N(c5ccccc5)c5ccc(-c6nc7ccccc7o6)cc5)cc4)nc23)c1. The first kappa shape index (κ1) is 49.6. The molecule has 14 rings (SSSR count). The number of anilines is 6. The van der Waals surface area contributed by atoms with E-state index in [0.29, 0.717) is 11.8 Å². The topological polar surface area (TPSA) is 84.3 Å². The second kappa shape index (κ2) is 20.8. The van der Waals surface area contributed by atoms with Crippen molar-refractivity contribution >= 4 is 67.4 Å². The standard InChI is InChI=1S/C74H54N6O2/c1-47-41-48(2)44-55(43-47)63-39-40-64(56-45-49(3)42-50(4)46-56)72-71(63)77-69(51-23-31-59(32-24-51)79(57-15-7-5-8-16-57)61-35-27-53(28-36-61)73-75-65-19-11-13-21-67(65)81-73)70(78-72)52-25-33-60(34-26-52)80(58-17-9-6-10-18-58)62-37-29-54(30-38-62)74-76-66-20-12-14-22-68(66)82-74/h5-46H,1-4H3. The molecular weight excluding hydrogens is 1000 g/mol. The number of fused-ring (bicyclic) bond motifs is 3. The van der Waals surface area contributed by atoms with E-state index in [4.69, 9.17) is 28.8 Å². The van der Waals surface area contributed by atoms with Crippen molar-refractivity contribution < 1.29 is 8.83 Å². The molecule has 8 nitrogen and oxygen atoms in total. The number of aryl methyl sites for hydroxylation is 4. The van der Waals surface area contributed by atoms with E-state index in [9.17, 15) is 0 Å². The largest absolute Gasteiger partial charge is 0.436 e. The van der Waals surface area contributed by atoms with Crippen molar-refractivity contribution in [2.45, 2.75) is 27.7 Å². The average molecular weight is 1060 g/mol. The van der Waals surface area contributed by atoms with Crippen LogP contribution >= 0.6 is 0 Å².